The van der Waals surface area contributed by atoms with Crippen LogP contribution in [0.5, 0.6) is 0 Å². The van der Waals surface area contributed by atoms with E-state index in [-0.39, 0.29) is 5.56 Å². The molecule has 1 aliphatic rings. The zero-order chi connectivity index (χ0) is 22.2. The van der Waals surface area contributed by atoms with Crippen LogP contribution < -0.4 is 5.56 Å². The average Bonchev–Trinajstić information content (AvgIpc) is 3.28. The summed E-state index contributed by atoms with van der Waals surface area (Å²) in [5.41, 5.74) is 6.67. The van der Waals surface area contributed by atoms with Crippen LogP contribution >= 0.6 is 0 Å². The monoisotopic (exact) mass is 436 g/mol. The van der Waals surface area contributed by atoms with E-state index in [9.17, 15) is 4.79 Å². The fourth-order valence-electron chi connectivity index (χ4n) is 4.57. The quantitative estimate of drug-likeness (QED) is 0.433. The molecule has 1 fully saturated rings. The van der Waals surface area contributed by atoms with Gasteiger partial charge in [0, 0.05) is 48.4 Å². The number of hydrogen-bond acceptors (Lipinski definition) is 4. The number of fused-ring (bicyclic) bond motifs is 2. The molecule has 0 radical (unpaired) electrons. The highest BCUT2D eigenvalue weighted by atomic mass is 16.5. The molecule has 0 spiro atoms. The van der Waals surface area contributed by atoms with Crippen molar-refractivity contribution in [3.8, 4) is 22.4 Å². The minimum absolute atomic E-state index is 0.0979. The van der Waals surface area contributed by atoms with Crippen molar-refractivity contribution >= 4 is 21.8 Å². The van der Waals surface area contributed by atoms with Crippen LogP contribution in [0.3, 0.4) is 0 Å². The number of rotatable bonds is 4. The molecular formula is C27H24N4O2. The van der Waals surface area contributed by atoms with E-state index < -0.39 is 0 Å². The standard InChI is InChI=1S/C27H24N4O2/c32-27-23(15-22-14-20(2-4-25(22)30-27)19-5-7-28-8-6-19)26-16-21-13-18(1-3-24(21)29-26)17-31-9-11-33-12-10-31/h1-8,13-16,29H,9-12,17H2,(H,30,32). The van der Waals surface area contributed by atoms with E-state index in [1.54, 1.807) is 12.4 Å². The summed E-state index contributed by atoms with van der Waals surface area (Å²) < 4.78 is 5.45. The van der Waals surface area contributed by atoms with Crippen LogP contribution in [-0.4, -0.2) is 46.2 Å². The zero-order valence-corrected chi connectivity index (χ0v) is 18.2. The highest BCUT2D eigenvalue weighted by molar-refractivity contribution is 5.90. The van der Waals surface area contributed by atoms with E-state index in [1.807, 2.05) is 30.3 Å². The highest BCUT2D eigenvalue weighted by Crippen LogP contribution is 2.27. The van der Waals surface area contributed by atoms with Crippen LogP contribution in [-0.2, 0) is 11.3 Å². The van der Waals surface area contributed by atoms with Gasteiger partial charge in [-0.3, -0.25) is 14.7 Å². The lowest BCUT2D eigenvalue weighted by atomic mass is 10.0. The van der Waals surface area contributed by atoms with Gasteiger partial charge in [0.2, 0.25) is 0 Å². The van der Waals surface area contributed by atoms with Crippen molar-refractivity contribution in [1.29, 1.82) is 0 Å². The SMILES string of the molecule is O=c1[nH]c2ccc(-c3ccncc3)cc2cc1-c1cc2cc(CN3CCOCC3)ccc2[nH]1. The Kier molecular flexibility index (Phi) is 5.02. The molecule has 164 valence electrons. The van der Waals surface area contributed by atoms with Crippen molar-refractivity contribution in [3.63, 3.8) is 0 Å². The number of aromatic nitrogens is 3. The molecule has 0 bridgehead atoms. The summed E-state index contributed by atoms with van der Waals surface area (Å²) in [5.74, 6) is 0. The van der Waals surface area contributed by atoms with Crippen LogP contribution in [0.2, 0.25) is 0 Å². The summed E-state index contributed by atoms with van der Waals surface area (Å²) in [6, 6.07) is 20.6. The number of aromatic amines is 2. The first-order valence-electron chi connectivity index (χ1n) is 11.2. The summed E-state index contributed by atoms with van der Waals surface area (Å²) >= 11 is 0. The maximum absolute atomic E-state index is 12.9. The normalized spacial score (nSPS) is 14.8. The Hall–Kier alpha value is -3.74. The van der Waals surface area contributed by atoms with Gasteiger partial charge in [0.15, 0.2) is 0 Å². The van der Waals surface area contributed by atoms with Gasteiger partial charge in [0.25, 0.3) is 5.56 Å². The second-order valence-corrected chi connectivity index (χ2v) is 8.54. The molecule has 1 saturated heterocycles. The molecule has 0 aliphatic carbocycles. The third-order valence-electron chi connectivity index (χ3n) is 6.34. The lowest BCUT2D eigenvalue weighted by Crippen LogP contribution is -2.35. The molecule has 5 aromatic rings. The summed E-state index contributed by atoms with van der Waals surface area (Å²) in [6.07, 6.45) is 3.57. The minimum atomic E-state index is -0.0979. The molecule has 33 heavy (non-hydrogen) atoms. The number of hydrogen-bond donors (Lipinski definition) is 2. The smallest absolute Gasteiger partial charge is 0.257 e. The highest BCUT2D eigenvalue weighted by Gasteiger charge is 2.13. The molecule has 6 nitrogen and oxygen atoms in total. The third-order valence-corrected chi connectivity index (χ3v) is 6.34. The van der Waals surface area contributed by atoms with Crippen LogP contribution in [0.15, 0.2) is 77.9 Å². The van der Waals surface area contributed by atoms with Crippen molar-refractivity contribution in [2.24, 2.45) is 0 Å². The number of benzene rings is 2. The summed E-state index contributed by atoms with van der Waals surface area (Å²) in [7, 11) is 0. The molecular weight excluding hydrogens is 412 g/mol. The van der Waals surface area contributed by atoms with Crippen LogP contribution in [0, 0.1) is 0 Å². The van der Waals surface area contributed by atoms with Gasteiger partial charge in [-0.25, -0.2) is 0 Å². The van der Waals surface area contributed by atoms with Crippen LogP contribution in [0.1, 0.15) is 5.56 Å². The Balaban J connectivity index is 1.36. The lowest BCUT2D eigenvalue weighted by molar-refractivity contribution is 0.0342. The number of H-pyrrole nitrogens is 2. The van der Waals surface area contributed by atoms with Gasteiger partial charge >= 0.3 is 0 Å². The fourth-order valence-corrected chi connectivity index (χ4v) is 4.57. The third kappa shape index (κ3) is 3.95. The number of pyridine rings is 2. The van der Waals surface area contributed by atoms with Gasteiger partial charge in [-0.1, -0.05) is 12.1 Å². The maximum atomic E-state index is 12.9. The second kappa shape index (κ2) is 8.31. The largest absolute Gasteiger partial charge is 0.379 e. The Bertz CT molecular complexity index is 1500. The number of morpholine rings is 1. The fraction of sp³-hybridized carbons (Fsp3) is 0.185. The van der Waals surface area contributed by atoms with Crippen molar-refractivity contribution in [1.82, 2.24) is 19.9 Å². The number of nitrogens with one attached hydrogen (secondary N) is 2. The first kappa shape index (κ1) is 19.9. The first-order valence-corrected chi connectivity index (χ1v) is 11.2. The van der Waals surface area contributed by atoms with Gasteiger partial charge in [0.1, 0.15) is 0 Å². The van der Waals surface area contributed by atoms with Gasteiger partial charge in [-0.2, -0.15) is 0 Å². The van der Waals surface area contributed by atoms with E-state index >= 15 is 0 Å². The summed E-state index contributed by atoms with van der Waals surface area (Å²) in [6.45, 7) is 4.43. The topological polar surface area (TPSA) is 74.0 Å². The molecule has 4 heterocycles. The second-order valence-electron chi connectivity index (χ2n) is 8.54. The van der Waals surface area contributed by atoms with E-state index in [1.165, 1.54) is 5.56 Å². The first-order chi connectivity index (χ1) is 16.2. The van der Waals surface area contributed by atoms with Gasteiger partial charge in [0.05, 0.1) is 24.5 Å². The Morgan fingerprint density at radius 2 is 1.58 bits per heavy atom. The number of nitrogens with zero attached hydrogens (tertiary/aromatic N) is 2. The molecule has 0 unspecified atom stereocenters. The van der Waals surface area contributed by atoms with Gasteiger partial charge in [-0.15, -0.1) is 0 Å². The molecule has 0 saturated carbocycles. The Labute approximate surface area is 190 Å². The van der Waals surface area contributed by atoms with E-state index in [2.05, 4.69) is 50.2 Å². The van der Waals surface area contributed by atoms with E-state index in [0.717, 1.165) is 71.5 Å². The molecule has 0 atom stereocenters. The van der Waals surface area contributed by atoms with Crippen LogP contribution in [0.4, 0.5) is 0 Å². The molecule has 1 aliphatic heterocycles. The average molecular weight is 437 g/mol. The predicted molar refractivity (Wildman–Crippen MR) is 131 cm³/mol. The van der Waals surface area contributed by atoms with Gasteiger partial charge < -0.3 is 14.7 Å². The predicted octanol–water partition coefficient (Wildman–Crippen LogP) is 4.57. The van der Waals surface area contributed by atoms with Crippen molar-refractivity contribution in [3.05, 3.63) is 89.0 Å². The van der Waals surface area contributed by atoms with Crippen molar-refractivity contribution in [2.75, 3.05) is 26.3 Å². The Morgan fingerprint density at radius 3 is 2.42 bits per heavy atom. The zero-order valence-electron chi connectivity index (χ0n) is 18.2. The molecule has 6 heteroatoms. The van der Waals surface area contributed by atoms with Crippen LogP contribution in [0.25, 0.3) is 44.2 Å². The molecule has 0 amide bonds. The molecule has 2 N–H and O–H groups in total. The molecule has 2 aromatic carbocycles. The minimum Gasteiger partial charge on any atom is -0.379 e. The lowest BCUT2D eigenvalue weighted by Gasteiger charge is -2.26. The van der Waals surface area contributed by atoms with Crippen molar-refractivity contribution < 1.29 is 4.74 Å². The molecule has 6 rings (SSSR count). The molecule has 3 aromatic heterocycles. The number of ether oxygens (including phenoxy) is 1. The summed E-state index contributed by atoms with van der Waals surface area (Å²) in [5, 5.41) is 2.10. The van der Waals surface area contributed by atoms with Crippen molar-refractivity contribution in [2.45, 2.75) is 6.54 Å². The Morgan fingerprint density at radius 1 is 0.818 bits per heavy atom. The van der Waals surface area contributed by atoms with E-state index in [0.29, 0.717) is 5.56 Å². The van der Waals surface area contributed by atoms with E-state index in [4.69, 9.17) is 4.74 Å². The van der Waals surface area contributed by atoms with Gasteiger partial charge in [-0.05, 0) is 70.6 Å². The maximum Gasteiger partial charge on any atom is 0.257 e. The summed E-state index contributed by atoms with van der Waals surface area (Å²) in [4.78, 5) is 25.9.